The van der Waals surface area contributed by atoms with Crippen LogP contribution in [0.15, 0.2) is 0 Å². The average molecular weight is 271 g/mol. The topological polar surface area (TPSA) is 87.1 Å². The molecule has 0 aliphatic carbocycles. The highest BCUT2D eigenvalue weighted by Gasteiger charge is 2.45. The van der Waals surface area contributed by atoms with Crippen molar-refractivity contribution < 1.29 is 37.7 Å². The lowest BCUT2D eigenvalue weighted by molar-refractivity contribution is -0.197. The van der Waals surface area contributed by atoms with Gasteiger partial charge in [-0.15, -0.1) is 0 Å². The molecule has 0 aromatic carbocycles. The third-order valence-electron chi connectivity index (χ3n) is 2.37. The predicted octanol–water partition coefficient (Wildman–Crippen LogP) is -0.388. The molecule has 0 saturated carbocycles. The van der Waals surface area contributed by atoms with E-state index >= 15 is 0 Å². The number of aliphatic hydroxyl groups is 1. The Kier molecular flexibility index (Phi) is 4.52. The smallest absolute Gasteiger partial charge is 0.471 e. The van der Waals surface area contributed by atoms with Crippen molar-refractivity contribution in [1.82, 2.24) is 4.90 Å². The largest absolute Gasteiger partial charge is 0.481 e. The van der Waals surface area contributed by atoms with Gasteiger partial charge in [0.05, 0.1) is 25.2 Å². The molecule has 18 heavy (non-hydrogen) atoms. The number of amides is 1. The number of morpholine rings is 1. The molecule has 2 N–H and O–H groups in total. The van der Waals surface area contributed by atoms with Gasteiger partial charge in [0.15, 0.2) is 0 Å². The Hall–Kier alpha value is -1.35. The van der Waals surface area contributed by atoms with Crippen LogP contribution in [0.25, 0.3) is 0 Å². The fraction of sp³-hybridized carbons (Fsp3) is 0.778. The summed E-state index contributed by atoms with van der Waals surface area (Å²) < 4.78 is 41.8. The number of aliphatic hydroxyl groups excluding tert-OH is 1. The number of hydrogen-bond acceptors (Lipinski definition) is 4. The second-order valence-corrected chi connectivity index (χ2v) is 3.87. The third kappa shape index (κ3) is 3.84. The van der Waals surface area contributed by atoms with Crippen molar-refractivity contribution >= 4 is 11.9 Å². The summed E-state index contributed by atoms with van der Waals surface area (Å²) in [4.78, 5) is 22.0. The van der Waals surface area contributed by atoms with E-state index in [9.17, 15) is 22.8 Å². The molecule has 0 spiro atoms. The van der Waals surface area contributed by atoms with E-state index < -0.39 is 56.4 Å². The summed E-state index contributed by atoms with van der Waals surface area (Å²) in [5.74, 6) is -3.31. The normalized spacial score (nSPS) is 25.0. The first kappa shape index (κ1) is 14.7. The van der Waals surface area contributed by atoms with Gasteiger partial charge in [-0.1, -0.05) is 0 Å². The monoisotopic (exact) mass is 271 g/mol. The van der Waals surface area contributed by atoms with Gasteiger partial charge in [0, 0.05) is 13.1 Å². The van der Waals surface area contributed by atoms with Gasteiger partial charge < -0.3 is 19.8 Å². The Morgan fingerprint density at radius 2 is 1.83 bits per heavy atom. The standard InChI is InChI=1S/C9H12F3NO5/c10-9(11,12)8(17)13-2-5(1-7(15)16)18-6(3-13)4-14/h5-6,14H,1-4H2,(H,15,16)/t5-,6-/m0/s1. The molecular formula is C9H12F3NO5. The van der Waals surface area contributed by atoms with Crippen LogP contribution in [0, 0.1) is 0 Å². The maximum atomic E-state index is 12.2. The summed E-state index contributed by atoms with van der Waals surface area (Å²) in [6.07, 6.45) is -7.61. The minimum atomic E-state index is -5.02. The lowest BCUT2D eigenvalue weighted by Gasteiger charge is -2.37. The molecule has 0 aromatic rings. The molecular weight excluding hydrogens is 259 g/mol. The lowest BCUT2D eigenvalue weighted by Crippen LogP contribution is -2.54. The fourth-order valence-corrected chi connectivity index (χ4v) is 1.68. The first-order valence-electron chi connectivity index (χ1n) is 5.08. The van der Waals surface area contributed by atoms with E-state index in [4.69, 9.17) is 14.9 Å². The van der Waals surface area contributed by atoms with E-state index in [0.29, 0.717) is 4.90 Å². The molecule has 1 amide bonds. The molecule has 6 nitrogen and oxygen atoms in total. The summed E-state index contributed by atoms with van der Waals surface area (Å²) in [7, 11) is 0. The predicted molar refractivity (Wildman–Crippen MR) is 50.6 cm³/mol. The summed E-state index contributed by atoms with van der Waals surface area (Å²) in [6.45, 7) is -1.45. The summed E-state index contributed by atoms with van der Waals surface area (Å²) >= 11 is 0. The van der Waals surface area contributed by atoms with Gasteiger partial charge in [-0.2, -0.15) is 13.2 Å². The number of carbonyl (C=O) groups excluding carboxylic acids is 1. The molecule has 1 fully saturated rings. The molecule has 0 aromatic heterocycles. The van der Waals surface area contributed by atoms with E-state index in [2.05, 4.69) is 0 Å². The molecule has 0 bridgehead atoms. The Labute approximate surface area is 99.9 Å². The summed E-state index contributed by atoms with van der Waals surface area (Å²) in [6, 6.07) is 0. The van der Waals surface area contributed by atoms with E-state index in [1.54, 1.807) is 0 Å². The number of nitrogens with zero attached hydrogens (tertiary/aromatic N) is 1. The quantitative estimate of drug-likeness (QED) is 0.730. The SMILES string of the molecule is O=C(O)C[C@H]1CN(C(=O)C(F)(F)F)C[C@@H](CO)O1. The molecule has 1 saturated heterocycles. The maximum absolute atomic E-state index is 12.2. The number of carboxylic acids is 1. The first-order chi connectivity index (χ1) is 8.24. The Bertz CT molecular complexity index is 333. The Morgan fingerprint density at radius 1 is 1.28 bits per heavy atom. The van der Waals surface area contributed by atoms with Crippen LogP contribution in [0.1, 0.15) is 6.42 Å². The second-order valence-electron chi connectivity index (χ2n) is 3.87. The minimum absolute atomic E-state index is 0.412. The average Bonchev–Trinajstić information content (AvgIpc) is 2.25. The number of aliphatic carboxylic acids is 1. The molecule has 1 aliphatic heterocycles. The minimum Gasteiger partial charge on any atom is -0.481 e. The van der Waals surface area contributed by atoms with Crippen molar-refractivity contribution in [3.05, 3.63) is 0 Å². The van der Waals surface area contributed by atoms with E-state index in [1.165, 1.54) is 0 Å². The van der Waals surface area contributed by atoms with Crippen LogP contribution in [0.2, 0.25) is 0 Å². The summed E-state index contributed by atoms with van der Waals surface area (Å²) in [5, 5.41) is 17.4. The highest BCUT2D eigenvalue weighted by molar-refractivity contribution is 5.82. The molecule has 0 unspecified atom stereocenters. The highest BCUT2D eigenvalue weighted by Crippen LogP contribution is 2.22. The molecule has 1 aliphatic rings. The number of ether oxygens (including phenoxy) is 1. The van der Waals surface area contributed by atoms with Crippen molar-refractivity contribution in [3.8, 4) is 0 Å². The van der Waals surface area contributed by atoms with Gasteiger partial charge in [0.2, 0.25) is 0 Å². The number of alkyl halides is 3. The molecule has 0 radical (unpaired) electrons. The van der Waals surface area contributed by atoms with E-state index in [-0.39, 0.29) is 0 Å². The van der Waals surface area contributed by atoms with Crippen LogP contribution < -0.4 is 0 Å². The van der Waals surface area contributed by atoms with Crippen molar-refractivity contribution in [2.45, 2.75) is 24.8 Å². The van der Waals surface area contributed by atoms with Crippen LogP contribution >= 0.6 is 0 Å². The van der Waals surface area contributed by atoms with Gasteiger partial charge in [-0.25, -0.2) is 0 Å². The van der Waals surface area contributed by atoms with Gasteiger partial charge in [0.25, 0.3) is 0 Å². The van der Waals surface area contributed by atoms with E-state index in [1.807, 2.05) is 0 Å². The molecule has 1 heterocycles. The molecule has 1 rings (SSSR count). The Balaban J connectivity index is 2.74. The number of carboxylic acid groups (broad SMARTS) is 1. The van der Waals surface area contributed by atoms with Crippen LogP contribution in [0.5, 0.6) is 0 Å². The fourth-order valence-electron chi connectivity index (χ4n) is 1.68. The lowest BCUT2D eigenvalue weighted by atomic mass is 10.1. The van der Waals surface area contributed by atoms with Gasteiger partial charge in [-0.05, 0) is 0 Å². The van der Waals surface area contributed by atoms with E-state index in [0.717, 1.165) is 0 Å². The van der Waals surface area contributed by atoms with Crippen LogP contribution in [0.3, 0.4) is 0 Å². The van der Waals surface area contributed by atoms with Crippen LogP contribution in [-0.4, -0.2) is 65.1 Å². The third-order valence-corrected chi connectivity index (χ3v) is 2.37. The highest BCUT2D eigenvalue weighted by atomic mass is 19.4. The zero-order valence-electron chi connectivity index (χ0n) is 9.18. The van der Waals surface area contributed by atoms with Gasteiger partial charge in [0.1, 0.15) is 0 Å². The zero-order chi connectivity index (χ0) is 13.9. The Morgan fingerprint density at radius 3 is 2.28 bits per heavy atom. The second kappa shape index (κ2) is 5.53. The van der Waals surface area contributed by atoms with Crippen molar-refractivity contribution in [2.75, 3.05) is 19.7 Å². The molecule has 2 atom stereocenters. The zero-order valence-corrected chi connectivity index (χ0v) is 9.18. The van der Waals surface area contributed by atoms with Crippen LogP contribution in [-0.2, 0) is 14.3 Å². The van der Waals surface area contributed by atoms with Gasteiger partial charge >= 0.3 is 18.1 Å². The molecule has 104 valence electrons. The number of halogens is 3. The van der Waals surface area contributed by atoms with Crippen molar-refractivity contribution in [1.29, 1.82) is 0 Å². The first-order valence-corrected chi connectivity index (χ1v) is 5.08. The van der Waals surface area contributed by atoms with Crippen molar-refractivity contribution in [2.24, 2.45) is 0 Å². The number of hydrogen-bond donors (Lipinski definition) is 2. The van der Waals surface area contributed by atoms with Gasteiger partial charge in [-0.3, -0.25) is 9.59 Å². The maximum Gasteiger partial charge on any atom is 0.471 e. The van der Waals surface area contributed by atoms with Crippen molar-refractivity contribution in [3.63, 3.8) is 0 Å². The number of rotatable bonds is 3. The number of carbonyl (C=O) groups is 2. The molecule has 9 heteroatoms. The van der Waals surface area contributed by atoms with Crippen LogP contribution in [0.4, 0.5) is 13.2 Å². The summed E-state index contributed by atoms with van der Waals surface area (Å²) in [5.41, 5.74) is 0.